The van der Waals surface area contributed by atoms with Crippen LogP contribution in [0.4, 0.5) is 4.39 Å². The lowest BCUT2D eigenvalue weighted by Crippen LogP contribution is -2.45. The van der Waals surface area contributed by atoms with E-state index in [-0.39, 0.29) is 5.82 Å². The summed E-state index contributed by atoms with van der Waals surface area (Å²) in [6.45, 7) is 6.35. The third kappa shape index (κ3) is 4.27. The molecule has 0 aromatic heterocycles. The minimum absolute atomic E-state index is 0.140. The van der Waals surface area contributed by atoms with Crippen molar-refractivity contribution in [2.75, 3.05) is 26.2 Å². The average molecular weight is 343 g/mol. The van der Waals surface area contributed by atoms with Crippen LogP contribution >= 0.6 is 15.9 Å². The highest BCUT2D eigenvalue weighted by Gasteiger charge is 2.23. The third-order valence-corrected chi connectivity index (χ3v) is 4.71. The van der Waals surface area contributed by atoms with E-state index in [9.17, 15) is 4.39 Å². The fourth-order valence-corrected chi connectivity index (χ4v) is 3.40. The van der Waals surface area contributed by atoms with Gasteiger partial charge in [-0.05, 0) is 30.2 Å². The van der Waals surface area contributed by atoms with Gasteiger partial charge in [-0.3, -0.25) is 4.90 Å². The smallest absolute Gasteiger partial charge is 0.123 e. The zero-order valence-corrected chi connectivity index (χ0v) is 13.8. The maximum absolute atomic E-state index is 13.6. The molecule has 1 saturated heterocycles. The molecule has 0 spiro atoms. The first-order chi connectivity index (χ1) is 9.72. The molecular weight excluding hydrogens is 319 g/mol. The summed E-state index contributed by atoms with van der Waals surface area (Å²) in [5.41, 5.74) is 1.10. The van der Waals surface area contributed by atoms with Gasteiger partial charge in [0, 0.05) is 36.7 Å². The van der Waals surface area contributed by atoms with Crippen LogP contribution in [0, 0.1) is 5.82 Å². The van der Waals surface area contributed by atoms with Crippen molar-refractivity contribution in [2.24, 2.45) is 0 Å². The van der Waals surface area contributed by atoms with E-state index in [4.69, 9.17) is 0 Å². The molecule has 0 unspecified atom stereocenters. The van der Waals surface area contributed by atoms with Crippen molar-refractivity contribution in [3.8, 4) is 0 Å². The lowest BCUT2D eigenvalue weighted by molar-refractivity contribution is 0.162. The van der Waals surface area contributed by atoms with Crippen LogP contribution in [0.25, 0.3) is 0 Å². The molecule has 1 atom stereocenters. The number of halogens is 2. The van der Waals surface area contributed by atoms with Gasteiger partial charge in [-0.1, -0.05) is 42.1 Å². The highest BCUT2D eigenvalue weighted by Crippen LogP contribution is 2.32. The summed E-state index contributed by atoms with van der Waals surface area (Å²) in [6.07, 6.45) is 4.78. The van der Waals surface area contributed by atoms with Gasteiger partial charge in [-0.25, -0.2) is 4.39 Å². The molecule has 2 nitrogen and oxygen atoms in total. The van der Waals surface area contributed by atoms with E-state index in [2.05, 4.69) is 33.1 Å². The van der Waals surface area contributed by atoms with Gasteiger partial charge < -0.3 is 5.32 Å². The molecule has 1 fully saturated rings. The lowest BCUT2D eigenvalue weighted by atomic mass is 9.98. The molecule has 1 aromatic rings. The quantitative estimate of drug-likeness (QED) is 0.782. The molecule has 0 amide bonds. The van der Waals surface area contributed by atoms with Crippen molar-refractivity contribution >= 4 is 15.9 Å². The van der Waals surface area contributed by atoms with Gasteiger partial charge in [-0.2, -0.15) is 0 Å². The van der Waals surface area contributed by atoms with Crippen molar-refractivity contribution in [3.63, 3.8) is 0 Å². The molecule has 4 heteroatoms. The van der Waals surface area contributed by atoms with Crippen molar-refractivity contribution in [2.45, 2.75) is 38.6 Å². The molecule has 0 saturated carbocycles. The van der Waals surface area contributed by atoms with Gasteiger partial charge in [0.25, 0.3) is 0 Å². The Bertz CT molecular complexity index is 419. The zero-order chi connectivity index (χ0) is 14.4. The molecule has 0 bridgehead atoms. The van der Waals surface area contributed by atoms with Crippen molar-refractivity contribution in [1.82, 2.24) is 10.2 Å². The van der Waals surface area contributed by atoms with Crippen LogP contribution in [0.5, 0.6) is 0 Å². The number of hydrogen-bond acceptors (Lipinski definition) is 2. The summed E-state index contributed by atoms with van der Waals surface area (Å²) in [5, 5.41) is 3.39. The van der Waals surface area contributed by atoms with Crippen molar-refractivity contribution < 1.29 is 4.39 Å². The van der Waals surface area contributed by atoms with Crippen LogP contribution < -0.4 is 5.32 Å². The fraction of sp³-hybridized carbons (Fsp3) is 0.625. The molecule has 1 heterocycles. The summed E-state index contributed by atoms with van der Waals surface area (Å²) in [5.74, 6) is -0.140. The van der Waals surface area contributed by atoms with Crippen LogP contribution in [0.1, 0.15) is 44.2 Å². The predicted octanol–water partition coefficient (Wildman–Crippen LogP) is 4.11. The largest absolute Gasteiger partial charge is 0.314 e. The van der Waals surface area contributed by atoms with E-state index < -0.39 is 0 Å². The van der Waals surface area contributed by atoms with Crippen LogP contribution in [0.2, 0.25) is 0 Å². The number of nitrogens with one attached hydrogen (secondary N) is 1. The van der Waals surface area contributed by atoms with E-state index in [1.165, 1.54) is 25.3 Å². The Labute approximate surface area is 129 Å². The molecule has 1 aromatic carbocycles. The number of benzene rings is 1. The second-order valence-electron chi connectivity index (χ2n) is 5.46. The van der Waals surface area contributed by atoms with Crippen LogP contribution in [0.15, 0.2) is 22.7 Å². The monoisotopic (exact) mass is 342 g/mol. The minimum atomic E-state index is -0.140. The number of rotatable bonds is 6. The number of piperazine rings is 1. The Kier molecular flexibility index (Phi) is 6.46. The minimum Gasteiger partial charge on any atom is -0.314 e. The van der Waals surface area contributed by atoms with E-state index in [0.717, 1.165) is 42.6 Å². The Morgan fingerprint density at radius 1 is 1.30 bits per heavy atom. The molecular formula is C16H24BrFN2. The first-order valence-electron chi connectivity index (χ1n) is 7.62. The van der Waals surface area contributed by atoms with Gasteiger partial charge in [0.15, 0.2) is 0 Å². The molecule has 20 heavy (non-hydrogen) atoms. The second-order valence-corrected chi connectivity index (χ2v) is 6.32. The Hall–Kier alpha value is -0.450. The summed E-state index contributed by atoms with van der Waals surface area (Å²) in [6, 6.07) is 5.38. The summed E-state index contributed by atoms with van der Waals surface area (Å²) >= 11 is 3.60. The third-order valence-electron chi connectivity index (χ3n) is 3.99. The fourth-order valence-electron chi connectivity index (χ4n) is 2.89. The second kappa shape index (κ2) is 8.11. The zero-order valence-electron chi connectivity index (χ0n) is 12.2. The molecule has 1 aliphatic heterocycles. The first kappa shape index (κ1) is 15.9. The maximum Gasteiger partial charge on any atom is 0.123 e. The molecule has 112 valence electrons. The van der Waals surface area contributed by atoms with E-state index in [0.29, 0.717) is 6.04 Å². The van der Waals surface area contributed by atoms with Gasteiger partial charge in [0.2, 0.25) is 0 Å². The standard InChI is InChI=1S/C16H24BrFN2/c1-2-3-4-5-16(20-10-8-19-9-11-20)14-12-13(18)6-7-15(14)17/h6-7,12,16,19H,2-5,8-11H2,1H3/t16-/m1/s1. The molecule has 1 aliphatic rings. The highest BCUT2D eigenvalue weighted by molar-refractivity contribution is 9.10. The Morgan fingerprint density at radius 2 is 2.05 bits per heavy atom. The maximum atomic E-state index is 13.6. The van der Waals surface area contributed by atoms with Gasteiger partial charge in [0.1, 0.15) is 5.82 Å². The van der Waals surface area contributed by atoms with Gasteiger partial charge >= 0.3 is 0 Å². The van der Waals surface area contributed by atoms with E-state index >= 15 is 0 Å². The lowest BCUT2D eigenvalue weighted by Gasteiger charge is -2.36. The number of unbranched alkanes of at least 4 members (excludes halogenated alkanes) is 2. The van der Waals surface area contributed by atoms with E-state index in [1.54, 1.807) is 6.07 Å². The van der Waals surface area contributed by atoms with Crippen LogP contribution in [0.3, 0.4) is 0 Å². The topological polar surface area (TPSA) is 15.3 Å². The first-order valence-corrected chi connectivity index (χ1v) is 8.41. The van der Waals surface area contributed by atoms with Gasteiger partial charge in [-0.15, -0.1) is 0 Å². The van der Waals surface area contributed by atoms with Crippen LogP contribution in [-0.2, 0) is 0 Å². The number of hydrogen-bond donors (Lipinski definition) is 1. The summed E-state index contributed by atoms with van der Waals surface area (Å²) < 4.78 is 14.6. The Morgan fingerprint density at radius 3 is 2.75 bits per heavy atom. The SMILES string of the molecule is CCCCC[C@H](c1cc(F)ccc1Br)N1CCNCC1. The average Bonchev–Trinajstić information content (AvgIpc) is 2.48. The normalized spacial score (nSPS) is 18.1. The molecule has 2 rings (SSSR count). The number of nitrogens with zero attached hydrogens (tertiary/aromatic N) is 1. The van der Waals surface area contributed by atoms with Crippen molar-refractivity contribution in [1.29, 1.82) is 0 Å². The predicted molar refractivity (Wildman–Crippen MR) is 85.4 cm³/mol. The molecule has 0 radical (unpaired) electrons. The van der Waals surface area contributed by atoms with Crippen molar-refractivity contribution in [3.05, 3.63) is 34.1 Å². The van der Waals surface area contributed by atoms with Crippen LogP contribution in [-0.4, -0.2) is 31.1 Å². The summed E-state index contributed by atoms with van der Waals surface area (Å²) in [4.78, 5) is 2.49. The molecule has 0 aliphatic carbocycles. The van der Waals surface area contributed by atoms with Gasteiger partial charge in [0.05, 0.1) is 0 Å². The van der Waals surface area contributed by atoms with E-state index in [1.807, 2.05) is 6.07 Å². The molecule has 1 N–H and O–H groups in total. The highest BCUT2D eigenvalue weighted by atomic mass is 79.9. The summed E-state index contributed by atoms with van der Waals surface area (Å²) in [7, 11) is 0. The Balaban J connectivity index is 2.17.